The third-order valence-electron chi connectivity index (χ3n) is 4.23. The first-order valence-electron chi connectivity index (χ1n) is 8.11. The second-order valence-corrected chi connectivity index (χ2v) is 6.09. The summed E-state index contributed by atoms with van der Waals surface area (Å²) < 4.78 is 5.15. The maximum Gasteiger partial charge on any atom is 0.307 e. The van der Waals surface area contributed by atoms with Gasteiger partial charge in [-0.15, -0.1) is 0 Å². The van der Waals surface area contributed by atoms with Crippen molar-refractivity contribution in [2.45, 2.75) is 52.0 Å². The molecule has 116 valence electrons. The highest BCUT2D eigenvalue weighted by molar-refractivity contribution is 5.70. The minimum Gasteiger partial charge on any atom is -0.466 e. The first-order chi connectivity index (χ1) is 10.1. The van der Waals surface area contributed by atoms with Crippen molar-refractivity contribution < 1.29 is 9.53 Å². The maximum atomic E-state index is 11.9. The molecule has 2 rings (SSSR count). The molecular formula is C18H27NO2. The van der Waals surface area contributed by atoms with Crippen LogP contribution >= 0.6 is 0 Å². The Kier molecular flexibility index (Phi) is 5.80. The molecule has 1 saturated heterocycles. The van der Waals surface area contributed by atoms with E-state index < -0.39 is 0 Å². The summed E-state index contributed by atoms with van der Waals surface area (Å²) >= 11 is 0. The fraction of sp³-hybridized carbons (Fsp3) is 0.611. The first-order valence-corrected chi connectivity index (χ1v) is 8.11. The van der Waals surface area contributed by atoms with Crippen LogP contribution in [0.3, 0.4) is 0 Å². The Hall–Kier alpha value is -1.35. The van der Waals surface area contributed by atoms with Gasteiger partial charge in [0.2, 0.25) is 0 Å². The van der Waals surface area contributed by atoms with Crippen molar-refractivity contribution in [3.05, 3.63) is 35.4 Å². The van der Waals surface area contributed by atoms with Crippen LogP contribution in [0.1, 0.15) is 63.1 Å². The molecule has 1 aliphatic heterocycles. The number of rotatable bonds is 6. The van der Waals surface area contributed by atoms with Crippen LogP contribution in [0.2, 0.25) is 0 Å². The van der Waals surface area contributed by atoms with E-state index in [0.717, 1.165) is 13.1 Å². The number of benzene rings is 1. The molecule has 0 saturated carbocycles. The van der Waals surface area contributed by atoms with Gasteiger partial charge in [-0.2, -0.15) is 0 Å². The summed E-state index contributed by atoms with van der Waals surface area (Å²) in [4.78, 5) is 14.3. The molecule has 1 aliphatic rings. The van der Waals surface area contributed by atoms with E-state index in [1.807, 2.05) is 6.92 Å². The minimum absolute atomic E-state index is 0.0951. The summed E-state index contributed by atoms with van der Waals surface area (Å²) in [6.45, 7) is 8.88. The molecule has 1 heterocycles. The van der Waals surface area contributed by atoms with Gasteiger partial charge in [0.25, 0.3) is 0 Å². The van der Waals surface area contributed by atoms with Crippen molar-refractivity contribution in [3.63, 3.8) is 0 Å². The molecule has 0 N–H and O–H groups in total. The van der Waals surface area contributed by atoms with Crippen molar-refractivity contribution in [1.82, 2.24) is 4.90 Å². The van der Waals surface area contributed by atoms with Crippen LogP contribution in [0.4, 0.5) is 0 Å². The average molecular weight is 289 g/mol. The van der Waals surface area contributed by atoms with Crippen molar-refractivity contribution >= 4 is 5.97 Å². The summed E-state index contributed by atoms with van der Waals surface area (Å²) in [5.74, 6) is 0.441. The number of hydrogen-bond acceptors (Lipinski definition) is 3. The van der Waals surface area contributed by atoms with E-state index in [2.05, 4.69) is 43.0 Å². The van der Waals surface area contributed by atoms with E-state index >= 15 is 0 Å². The Morgan fingerprint density at radius 3 is 2.24 bits per heavy atom. The molecule has 0 radical (unpaired) electrons. The lowest BCUT2D eigenvalue weighted by atomic mass is 9.97. The lowest BCUT2D eigenvalue weighted by Gasteiger charge is -2.27. The lowest BCUT2D eigenvalue weighted by molar-refractivity contribution is -0.144. The molecule has 1 atom stereocenters. The first kappa shape index (κ1) is 16.0. The third kappa shape index (κ3) is 4.31. The predicted molar refractivity (Wildman–Crippen MR) is 85.3 cm³/mol. The van der Waals surface area contributed by atoms with E-state index in [4.69, 9.17) is 4.74 Å². The van der Waals surface area contributed by atoms with Gasteiger partial charge in [-0.25, -0.2) is 0 Å². The molecule has 1 unspecified atom stereocenters. The largest absolute Gasteiger partial charge is 0.466 e. The normalized spacial score (nSPS) is 17.1. The van der Waals surface area contributed by atoms with Crippen LogP contribution in [0, 0.1) is 0 Å². The SMILES string of the molecule is CCOC(=O)CC(c1ccc(C(C)C)cc1)N1CCCC1. The fourth-order valence-electron chi connectivity index (χ4n) is 2.99. The van der Waals surface area contributed by atoms with Crippen molar-refractivity contribution in [2.75, 3.05) is 19.7 Å². The Morgan fingerprint density at radius 2 is 1.71 bits per heavy atom. The number of nitrogens with zero attached hydrogens (tertiary/aromatic N) is 1. The van der Waals surface area contributed by atoms with Gasteiger partial charge in [-0.1, -0.05) is 38.1 Å². The highest BCUT2D eigenvalue weighted by Crippen LogP contribution is 2.29. The van der Waals surface area contributed by atoms with E-state index in [0.29, 0.717) is 18.9 Å². The maximum absolute atomic E-state index is 11.9. The number of carbonyl (C=O) groups is 1. The predicted octanol–water partition coefficient (Wildman–Crippen LogP) is 3.90. The zero-order valence-corrected chi connectivity index (χ0v) is 13.5. The highest BCUT2D eigenvalue weighted by atomic mass is 16.5. The molecule has 3 nitrogen and oxygen atoms in total. The van der Waals surface area contributed by atoms with Crippen molar-refractivity contribution in [3.8, 4) is 0 Å². The zero-order chi connectivity index (χ0) is 15.2. The molecular weight excluding hydrogens is 262 g/mol. The van der Waals surface area contributed by atoms with Crippen molar-refractivity contribution in [1.29, 1.82) is 0 Å². The number of carbonyl (C=O) groups excluding carboxylic acids is 1. The Labute approximate surface area is 128 Å². The number of ether oxygens (including phenoxy) is 1. The molecule has 1 aromatic rings. The average Bonchev–Trinajstić information content (AvgIpc) is 2.99. The lowest BCUT2D eigenvalue weighted by Crippen LogP contribution is -2.28. The van der Waals surface area contributed by atoms with Gasteiger partial charge in [-0.05, 0) is 49.9 Å². The molecule has 0 bridgehead atoms. The Balaban J connectivity index is 2.15. The topological polar surface area (TPSA) is 29.5 Å². The van der Waals surface area contributed by atoms with Crippen LogP contribution in [0.25, 0.3) is 0 Å². The van der Waals surface area contributed by atoms with Gasteiger partial charge in [0.05, 0.1) is 13.0 Å². The molecule has 0 amide bonds. The van der Waals surface area contributed by atoms with E-state index in [1.165, 1.54) is 24.0 Å². The van der Waals surface area contributed by atoms with Crippen LogP contribution in [0.15, 0.2) is 24.3 Å². The summed E-state index contributed by atoms with van der Waals surface area (Å²) in [6, 6.07) is 8.89. The van der Waals surface area contributed by atoms with Crippen LogP contribution in [-0.2, 0) is 9.53 Å². The summed E-state index contributed by atoms with van der Waals surface area (Å²) in [6.07, 6.45) is 2.90. The van der Waals surface area contributed by atoms with E-state index in [9.17, 15) is 4.79 Å². The molecule has 0 spiro atoms. The minimum atomic E-state index is -0.0951. The van der Waals surface area contributed by atoms with Crippen LogP contribution < -0.4 is 0 Å². The Morgan fingerprint density at radius 1 is 1.14 bits per heavy atom. The van der Waals surface area contributed by atoms with Crippen LogP contribution in [0.5, 0.6) is 0 Å². The highest BCUT2D eigenvalue weighted by Gasteiger charge is 2.26. The van der Waals surface area contributed by atoms with Gasteiger partial charge in [-0.3, -0.25) is 9.69 Å². The summed E-state index contributed by atoms with van der Waals surface area (Å²) in [7, 11) is 0. The zero-order valence-electron chi connectivity index (χ0n) is 13.5. The molecule has 3 heteroatoms. The monoisotopic (exact) mass is 289 g/mol. The molecule has 0 aliphatic carbocycles. The number of likely N-dealkylation sites (tertiary alicyclic amines) is 1. The quantitative estimate of drug-likeness (QED) is 0.744. The fourth-order valence-corrected chi connectivity index (χ4v) is 2.99. The number of hydrogen-bond donors (Lipinski definition) is 0. The summed E-state index contributed by atoms with van der Waals surface area (Å²) in [5.41, 5.74) is 2.57. The van der Waals surface area contributed by atoms with Gasteiger partial charge in [0, 0.05) is 6.04 Å². The van der Waals surface area contributed by atoms with Gasteiger partial charge in [0.15, 0.2) is 0 Å². The molecule has 21 heavy (non-hydrogen) atoms. The van der Waals surface area contributed by atoms with Crippen LogP contribution in [-0.4, -0.2) is 30.6 Å². The second-order valence-electron chi connectivity index (χ2n) is 6.09. The smallest absolute Gasteiger partial charge is 0.307 e. The number of esters is 1. The molecule has 0 aromatic heterocycles. The second kappa shape index (κ2) is 7.60. The van der Waals surface area contributed by atoms with Gasteiger partial charge >= 0.3 is 5.97 Å². The molecule has 1 aromatic carbocycles. The van der Waals surface area contributed by atoms with E-state index in [-0.39, 0.29) is 12.0 Å². The van der Waals surface area contributed by atoms with Crippen molar-refractivity contribution in [2.24, 2.45) is 0 Å². The molecule has 1 fully saturated rings. The van der Waals surface area contributed by atoms with Gasteiger partial charge in [0.1, 0.15) is 0 Å². The standard InChI is InChI=1S/C18H27NO2/c1-4-21-18(20)13-17(19-11-5-6-12-19)16-9-7-15(8-10-16)14(2)3/h7-10,14,17H,4-6,11-13H2,1-3H3. The van der Waals surface area contributed by atoms with Gasteiger partial charge < -0.3 is 4.74 Å². The Bertz CT molecular complexity index is 447. The van der Waals surface area contributed by atoms with E-state index in [1.54, 1.807) is 0 Å². The third-order valence-corrected chi connectivity index (χ3v) is 4.23. The summed E-state index contributed by atoms with van der Waals surface area (Å²) in [5, 5.41) is 0.